The maximum Gasteiger partial charge on any atom is 0.246 e. The number of sulfonamides is 1. The number of nitrogens with one attached hydrogen (secondary N) is 2. The molecule has 2 rings (SSSR count). The molecule has 0 radical (unpaired) electrons. The molecule has 1 amide bonds. The second kappa shape index (κ2) is 4.34. The van der Waals surface area contributed by atoms with Crippen LogP contribution in [0.15, 0.2) is 23.1 Å². The Kier molecular flexibility index (Phi) is 3.14. The number of carbonyl (C=O) groups excluding carboxylic acids is 1. The van der Waals surface area contributed by atoms with Crippen LogP contribution in [-0.2, 0) is 14.8 Å². The summed E-state index contributed by atoms with van der Waals surface area (Å²) in [5, 5.41) is 5.55. The molecule has 1 unspecified atom stereocenters. The number of amides is 1. The highest BCUT2D eigenvalue weighted by atomic mass is 32.2. The monoisotopic (exact) mass is 269 g/mol. The number of anilines is 1. The van der Waals surface area contributed by atoms with Crippen LogP contribution in [0.2, 0.25) is 0 Å². The van der Waals surface area contributed by atoms with Gasteiger partial charge in [0.05, 0.1) is 4.90 Å². The van der Waals surface area contributed by atoms with Gasteiger partial charge in [-0.25, -0.2) is 12.7 Å². The number of hydrogen-bond acceptors (Lipinski definition) is 4. The van der Waals surface area contributed by atoms with Crippen LogP contribution in [0, 0.1) is 0 Å². The third-order valence-electron chi connectivity index (χ3n) is 2.92. The molecular weight excluding hydrogens is 254 g/mol. The molecule has 0 spiro atoms. The Bertz CT molecular complexity index is 596. The number of carbonyl (C=O) groups is 1. The molecule has 0 saturated carbocycles. The van der Waals surface area contributed by atoms with Crippen LogP contribution in [0.25, 0.3) is 0 Å². The lowest BCUT2D eigenvalue weighted by Gasteiger charge is -2.13. The highest BCUT2D eigenvalue weighted by Crippen LogP contribution is 2.32. The first-order chi connectivity index (χ1) is 8.37. The fourth-order valence-electron chi connectivity index (χ4n) is 1.90. The summed E-state index contributed by atoms with van der Waals surface area (Å²) in [6, 6.07) is 4.13. The smallest absolute Gasteiger partial charge is 0.246 e. The van der Waals surface area contributed by atoms with Gasteiger partial charge in [0.25, 0.3) is 0 Å². The van der Waals surface area contributed by atoms with Crippen LogP contribution in [0.1, 0.15) is 11.6 Å². The summed E-state index contributed by atoms with van der Waals surface area (Å²) in [6.45, 7) is 0. The van der Waals surface area contributed by atoms with E-state index < -0.39 is 16.1 Å². The molecule has 1 heterocycles. The van der Waals surface area contributed by atoms with Crippen LogP contribution < -0.4 is 10.6 Å². The number of fused-ring (bicyclic) bond motifs is 1. The first kappa shape index (κ1) is 13.0. The van der Waals surface area contributed by atoms with Gasteiger partial charge in [-0.1, -0.05) is 0 Å². The van der Waals surface area contributed by atoms with E-state index in [1.165, 1.54) is 26.2 Å². The highest BCUT2D eigenvalue weighted by molar-refractivity contribution is 7.89. The van der Waals surface area contributed by atoms with Crippen molar-refractivity contribution in [2.75, 3.05) is 26.5 Å². The van der Waals surface area contributed by atoms with Crippen molar-refractivity contribution < 1.29 is 13.2 Å². The number of nitrogens with zero attached hydrogens (tertiary/aromatic N) is 1. The van der Waals surface area contributed by atoms with Gasteiger partial charge >= 0.3 is 0 Å². The molecule has 98 valence electrons. The van der Waals surface area contributed by atoms with Gasteiger partial charge in [-0.2, -0.15) is 0 Å². The Hall–Kier alpha value is -1.44. The molecule has 1 aromatic carbocycles. The average molecular weight is 269 g/mol. The Morgan fingerprint density at radius 3 is 2.56 bits per heavy atom. The minimum Gasteiger partial charge on any atom is -0.324 e. The minimum atomic E-state index is -3.48. The predicted octanol–water partition coefficient (Wildman–Crippen LogP) is 0.150. The van der Waals surface area contributed by atoms with Gasteiger partial charge in [0, 0.05) is 25.3 Å². The lowest BCUT2D eigenvalue weighted by atomic mass is 10.1. The normalized spacial score (nSPS) is 18.9. The summed E-state index contributed by atoms with van der Waals surface area (Å²) in [6.07, 6.45) is 0. The molecule has 7 heteroatoms. The van der Waals surface area contributed by atoms with Crippen molar-refractivity contribution in [2.24, 2.45) is 0 Å². The topological polar surface area (TPSA) is 78.5 Å². The lowest BCUT2D eigenvalue weighted by molar-refractivity contribution is -0.117. The van der Waals surface area contributed by atoms with Gasteiger partial charge < -0.3 is 10.6 Å². The number of hydrogen-bond donors (Lipinski definition) is 2. The standard InChI is InChI=1S/C11H15N3O3S/c1-12-10-8-6-7(18(16,17)14(2)3)4-5-9(8)13-11(10)15/h4-6,10,12H,1-3H3,(H,13,15). The molecule has 1 atom stereocenters. The molecule has 2 N–H and O–H groups in total. The zero-order valence-electron chi connectivity index (χ0n) is 10.4. The molecule has 0 saturated heterocycles. The quantitative estimate of drug-likeness (QED) is 0.818. The summed E-state index contributed by atoms with van der Waals surface area (Å²) in [5.41, 5.74) is 1.31. The van der Waals surface area contributed by atoms with Crippen LogP contribution in [-0.4, -0.2) is 39.8 Å². The Labute approximate surface area is 106 Å². The lowest BCUT2D eigenvalue weighted by Crippen LogP contribution is -2.24. The molecule has 1 aliphatic heterocycles. The molecule has 0 fully saturated rings. The maximum absolute atomic E-state index is 12.0. The van der Waals surface area contributed by atoms with Crippen LogP contribution in [0.5, 0.6) is 0 Å². The first-order valence-corrected chi connectivity index (χ1v) is 6.86. The Morgan fingerprint density at radius 2 is 2.00 bits per heavy atom. The van der Waals surface area contributed by atoms with Crippen molar-refractivity contribution in [1.29, 1.82) is 0 Å². The van der Waals surface area contributed by atoms with Gasteiger partial charge in [0.2, 0.25) is 15.9 Å². The molecule has 0 bridgehead atoms. The van der Waals surface area contributed by atoms with Crippen molar-refractivity contribution in [3.8, 4) is 0 Å². The van der Waals surface area contributed by atoms with E-state index in [1.54, 1.807) is 13.1 Å². The van der Waals surface area contributed by atoms with E-state index in [0.717, 1.165) is 4.31 Å². The Balaban J connectivity index is 2.53. The van der Waals surface area contributed by atoms with Crippen LogP contribution >= 0.6 is 0 Å². The number of likely N-dealkylation sites (N-methyl/N-ethyl adjacent to an activating group) is 1. The van der Waals surface area contributed by atoms with E-state index in [9.17, 15) is 13.2 Å². The zero-order valence-corrected chi connectivity index (χ0v) is 11.2. The van der Waals surface area contributed by atoms with Gasteiger partial charge in [0.1, 0.15) is 6.04 Å². The molecule has 0 aliphatic carbocycles. The summed E-state index contributed by atoms with van der Waals surface area (Å²) in [4.78, 5) is 11.8. The zero-order chi connectivity index (χ0) is 13.5. The van der Waals surface area contributed by atoms with E-state index in [4.69, 9.17) is 0 Å². The molecular formula is C11H15N3O3S. The second-order valence-electron chi connectivity index (χ2n) is 4.25. The van der Waals surface area contributed by atoms with E-state index in [-0.39, 0.29) is 10.8 Å². The Morgan fingerprint density at radius 1 is 1.33 bits per heavy atom. The first-order valence-electron chi connectivity index (χ1n) is 5.42. The summed E-state index contributed by atoms with van der Waals surface area (Å²) < 4.78 is 25.2. The fraction of sp³-hybridized carbons (Fsp3) is 0.364. The van der Waals surface area contributed by atoms with Crippen LogP contribution in [0.3, 0.4) is 0 Å². The second-order valence-corrected chi connectivity index (χ2v) is 6.40. The average Bonchev–Trinajstić information content (AvgIpc) is 2.62. The van der Waals surface area contributed by atoms with Crippen molar-refractivity contribution in [2.45, 2.75) is 10.9 Å². The van der Waals surface area contributed by atoms with Crippen molar-refractivity contribution in [3.05, 3.63) is 23.8 Å². The van der Waals surface area contributed by atoms with Gasteiger partial charge in [-0.15, -0.1) is 0 Å². The molecule has 1 aromatic rings. The summed E-state index contributed by atoms with van der Waals surface area (Å²) in [5.74, 6) is -0.174. The molecule has 1 aliphatic rings. The third-order valence-corrected chi connectivity index (χ3v) is 4.73. The fourth-order valence-corrected chi connectivity index (χ4v) is 2.84. The molecule has 18 heavy (non-hydrogen) atoms. The third kappa shape index (κ3) is 1.90. The predicted molar refractivity (Wildman–Crippen MR) is 67.7 cm³/mol. The largest absolute Gasteiger partial charge is 0.324 e. The minimum absolute atomic E-state index is 0.174. The van der Waals surface area contributed by atoms with E-state index in [1.807, 2.05) is 0 Å². The highest BCUT2D eigenvalue weighted by Gasteiger charge is 2.31. The maximum atomic E-state index is 12.0. The van der Waals surface area contributed by atoms with Crippen molar-refractivity contribution in [3.63, 3.8) is 0 Å². The van der Waals surface area contributed by atoms with Gasteiger partial charge in [-0.3, -0.25) is 4.79 Å². The van der Waals surface area contributed by atoms with Crippen molar-refractivity contribution >= 4 is 21.6 Å². The van der Waals surface area contributed by atoms with Gasteiger partial charge in [-0.05, 0) is 25.2 Å². The van der Waals surface area contributed by atoms with Crippen molar-refractivity contribution in [1.82, 2.24) is 9.62 Å². The van der Waals surface area contributed by atoms with E-state index in [0.29, 0.717) is 11.3 Å². The number of rotatable bonds is 3. The molecule has 6 nitrogen and oxygen atoms in total. The van der Waals surface area contributed by atoms with E-state index >= 15 is 0 Å². The molecule has 0 aromatic heterocycles. The van der Waals surface area contributed by atoms with Gasteiger partial charge in [0.15, 0.2) is 0 Å². The summed E-state index contributed by atoms with van der Waals surface area (Å²) in [7, 11) is 1.13. The van der Waals surface area contributed by atoms with E-state index in [2.05, 4.69) is 10.6 Å². The number of benzene rings is 1. The van der Waals surface area contributed by atoms with Crippen LogP contribution in [0.4, 0.5) is 5.69 Å². The SMILES string of the molecule is CNC1C(=O)Nc2ccc(S(=O)(=O)N(C)C)cc21. The summed E-state index contributed by atoms with van der Waals surface area (Å²) >= 11 is 0.